The van der Waals surface area contributed by atoms with Crippen molar-refractivity contribution >= 4 is 21.8 Å². The summed E-state index contributed by atoms with van der Waals surface area (Å²) in [5.41, 5.74) is 1.54. The molecule has 0 N–H and O–H groups in total. The predicted octanol–water partition coefficient (Wildman–Crippen LogP) is 1.73. The van der Waals surface area contributed by atoms with Crippen LogP contribution in [0, 0.1) is 6.92 Å². The zero-order chi connectivity index (χ0) is 11.7. The minimum atomic E-state index is 0.106. The zero-order valence-electron chi connectivity index (χ0n) is 9.61. The fourth-order valence-electron chi connectivity index (χ4n) is 2.09. The van der Waals surface area contributed by atoms with Crippen LogP contribution in [0.2, 0.25) is 0 Å². The van der Waals surface area contributed by atoms with Gasteiger partial charge >= 0.3 is 0 Å². The van der Waals surface area contributed by atoms with Crippen molar-refractivity contribution in [3.63, 3.8) is 0 Å². The van der Waals surface area contributed by atoms with Crippen LogP contribution >= 0.6 is 15.9 Å². The molecule has 0 spiro atoms. The number of aryl methyl sites for hydroxylation is 2. The van der Waals surface area contributed by atoms with Crippen LogP contribution in [0.15, 0.2) is 6.20 Å². The molecule has 1 atom stereocenters. The first-order valence-electron chi connectivity index (χ1n) is 5.51. The van der Waals surface area contributed by atoms with Gasteiger partial charge in [0.1, 0.15) is 0 Å². The van der Waals surface area contributed by atoms with Crippen molar-refractivity contribution in [1.29, 1.82) is 0 Å². The second-order valence-electron chi connectivity index (χ2n) is 4.29. The standard InChI is InChI=1S/C11H16BrN3O/c1-8-10(7-14(2)13-8)11(16)15-5-3-4-9(12)6-15/h7,9H,3-6H2,1-2H3. The van der Waals surface area contributed by atoms with Crippen molar-refractivity contribution in [2.75, 3.05) is 13.1 Å². The summed E-state index contributed by atoms with van der Waals surface area (Å²) in [7, 11) is 1.84. The van der Waals surface area contributed by atoms with E-state index >= 15 is 0 Å². The van der Waals surface area contributed by atoms with Gasteiger partial charge in [0.15, 0.2) is 0 Å². The summed E-state index contributed by atoms with van der Waals surface area (Å²) >= 11 is 3.58. The first kappa shape index (κ1) is 11.6. The molecule has 88 valence electrons. The molecule has 1 fully saturated rings. The van der Waals surface area contributed by atoms with Crippen molar-refractivity contribution in [3.8, 4) is 0 Å². The number of alkyl halides is 1. The normalized spacial score (nSPS) is 21.2. The third-order valence-electron chi connectivity index (χ3n) is 2.89. The number of carbonyl (C=O) groups is 1. The average Bonchev–Trinajstić information content (AvgIpc) is 2.57. The Hall–Kier alpha value is -0.840. The van der Waals surface area contributed by atoms with Gasteiger partial charge < -0.3 is 4.90 Å². The molecule has 0 bridgehead atoms. The molecule has 5 heteroatoms. The Morgan fingerprint density at radius 2 is 2.38 bits per heavy atom. The Labute approximate surface area is 104 Å². The maximum Gasteiger partial charge on any atom is 0.257 e. The third-order valence-corrected chi connectivity index (χ3v) is 3.64. The van der Waals surface area contributed by atoms with E-state index in [1.807, 2.05) is 18.9 Å². The van der Waals surface area contributed by atoms with Crippen LogP contribution in [0.4, 0.5) is 0 Å². The number of aromatic nitrogens is 2. The highest BCUT2D eigenvalue weighted by molar-refractivity contribution is 9.09. The lowest BCUT2D eigenvalue weighted by Gasteiger charge is -2.29. The average molecular weight is 286 g/mol. The summed E-state index contributed by atoms with van der Waals surface area (Å²) < 4.78 is 1.69. The van der Waals surface area contributed by atoms with Gasteiger partial charge in [-0.1, -0.05) is 15.9 Å². The maximum absolute atomic E-state index is 12.2. The molecule has 1 aliphatic heterocycles. The largest absolute Gasteiger partial charge is 0.337 e. The quantitative estimate of drug-likeness (QED) is 0.737. The molecule has 16 heavy (non-hydrogen) atoms. The number of amides is 1. The number of hydrogen-bond acceptors (Lipinski definition) is 2. The van der Waals surface area contributed by atoms with Crippen LogP contribution < -0.4 is 0 Å². The van der Waals surface area contributed by atoms with E-state index in [1.54, 1.807) is 10.9 Å². The van der Waals surface area contributed by atoms with E-state index in [2.05, 4.69) is 21.0 Å². The first-order valence-corrected chi connectivity index (χ1v) is 6.43. The molecule has 1 aliphatic rings. The summed E-state index contributed by atoms with van der Waals surface area (Å²) in [5, 5.41) is 4.20. The molecule has 0 saturated carbocycles. The molecule has 0 aliphatic carbocycles. The van der Waals surface area contributed by atoms with Crippen molar-refractivity contribution in [2.45, 2.75) is 24.6 Å². The molecule has 1 aromatic rings. The van der Waals surface area contributed by atoms with Gasteiger partial charge in [-0.3, -0.25) is 9.48 Å². The lowest BCUT2D eigenvalue weighted by Crippen LogP contribution is -2.40. The van der Waals surface area contributed by atoms with Crippen LogP contribution in [0.3, 0.4) is 0 Å². The van der Waals surface area contributed by atoms with Crippen LogP contribution in [0.1, 0.15) is 28.9 Å². The second kappa shape index (κ2) is 4.57. The SMILES string of the molecule is Cc1nn(C)cc1C(=O)N1CCCC(Br)C1. The highest BCUT2D eigenvalue weighted by Crippen LogP contribution is 2.19. The highest BCUT2D eigenvalue weighted by Gasteiger charge is 2.24. The Morgan fingerprint density at radius 1 is 1.62 bits per heavy atom. The van der Waals surface area contributed by atoms with Crippen LogP contribution in [-0.2, 0) is 7.05 Å². The van der Waals surface area contributed by atoms with Gasteiger partial charge in [-0.25, -0.2) is 0 Å². The van der Waals surface area contributed by atoms with E-state index in [-0.39, 0.29) is 5.91 Å². The predicted molar refractivity (Wildman–Crippen MR) is 65.8 cm³/mol. The van der Waals surface area contributed by atoms with Crippen LogP contribution in [0.25, 0.3) is 0 Å². The summed E-state index contributed by atoms with van der Waals surface area (Å²) in [6, 6.07) is 0. The fourth-order valence-corrected chi connectivity index (χ4v) is 2.76. The molecule has 0 radical (unpaired) electrons. The van der Waals surface area contributed by atoms with Crippen molar-refractivity contribution in [3.05, 3.63) is 17.5 Å². The maximum atomic E-state index is 12.2. The minimum Gasteiger partial charge on any atom is -0.337 e. The first-order chi connectivity index (χ1) is 7.58. The topological polar surface area (TPSA) is 38.1 Å². The molecule has 4 nitrogen and oxygen atoms in total. The Bertz CT molecular complexity index is 402. The smallest absolute Gasteiger partial charge is 0.257 e. The van der Waals surface area contributed by atoms with Gasteiger partial charge in [-0.2, -0.15) is 5.10 Å². The molecule has 1 saturated heterocycles. The minimum absolute atomic E-state index is 0.106. The molecule has 1 aromatic heterocycles. The van der Waals surface area contributed by atoms with Crippen LogP contribution in [-0.4, -0.2) is 38.5 Å². The van der Waals surface area contributed by atoms with Crippen molar-refractivity contribution in [1.82, 2.24) is 14.7 Å². The number of carbonyl (C=O) groups excluding carboxylic acids is 1. The Balaban J connectivity index is 2.15. The van der Waals surface area contributed by atoms with Gasteiger partial charge in [0.2, 0.25) is 0 Å². The Morgan fingerprint density at radius 3 is 2.94 bits per heavy atom. The third kappa shape index (κ3) is 2.29. The van der Waals surface area contributed by atoms with Gasteiger partial charge in [-0.15, -0.1) is 0 Å². The molecule has 1 unspecified atom stereocenters. The number of nitrogens with zero attached hydrogens (tertiary/aromatic N) is 3. The molecule has 2 rings (SSSR count). The van der Waals surface area contributed by atoms with Crippen molar-refractivity contribution < 1.29 is 4.79 Å². The Kier molecular flexibility index (Phi) is 3.33. The number of rotatable bonds is 1. The number of hydrogen-bond donors (Lipinski definition) is 0. The van der Waals surface area contributed by atoms with Gasteiger partial charge in [0.05, 0.1) is 11.3 Å². The highest BCUT2D eigenvalue weighted by atomic mass is 79.9. The molecular formula is C11H16BrN3O. The number of piperidine rings is 1. The summed E-state index contributed by atoms with van der Waals surface area (Å²) in [5.74, 6) is 0.106. The van der Waals surface area contributed by atoms with Gasteiger partial charge in [0, 0.05) is 31.2 Å². The fraction of sp³-hybridized carbons (Fsp3) is 0.636. The van der Waals surface area contributed by atoms with E-state index in [0.29, 0.717) is 4.83 Å². The number of likely N-dealkylation sites (tertiary alicyclic amines) is 1. The van der Waals surface area contributed by atoms with Gasteiger partial charge in [-0.05, 0) is 19.8 Å². The molecule has 2 heterocycles. The van der Waals surface area contributed by atoms with Gasteiger partial charge in [0.25, 0.3) is 5.91 Å². The van der Waals surface area contributed by atoms with E-state index in [1.165, 1.54) is 0 Å². The lowest BCUT2D eigenvalue weighted by atomic mass is 10.1. The van der Waals surface area contributed by atoms with E-state index in [9.17, 15) is 4.79 Å². The van der Waals surface area contributed by atoms with E-state index in [0.717, 1.165) is 37.2 Å². The number of halogens is 1. The second-order valence-corrected chi connectivity index (χ2v) is 5.59. The van der Waals surface area contributed by atoms with Crippen LogP contribution in [0.5, 0.6) is 0 Å². The molecular weight excluding hydrogens is 270 g/mol. The summed E-state index contributed by atoms with van der Waals surface area (Å²) in [6.07, 6.45) is 4.02. The monoisotopic (exact) mass is 285 g/mol. The zero-order valence-corrected chi connectivity index (χ0v) is 11.2. The molecule has 1 amide bonds. The lowest BCUT2D eigenvalue weighted by molar-refractivity contribution is 0.0729. The van der Waals surface area contributed by atoms with E-state index in [4.69, 9.17) is 0 Å². The summed E-state index contributed by atoms with van der Waals surface area (Å²) in [4.78, 5) is 14.6. The van der Waals surface area contributed by atoms with E-state index < -0.39 is 0 Å². The molecule has 0 aromatic carbocycles. The van der Waals surface area contributed by atoms with Crippen molar-refractivity contribution in [2.24, 2.45) is 7.05 Å². The summed E-state index contributed by atoms with van der Waals surface area (Å²) in [6.45, 7) is 3.53.